The van der Waals surface area contributed by atoms with E-state index in [4.69, 9.17) is 9.72 Å². The van der Waals surface area contributed by atoms with Gasteiger partial charge in [0.2, 0.25) is 11.9 Å². The summed E-state index contributed by atoms with van der Waals surface area (Å²) in [5.41, 5.74) is 4.76. The maximum atomic E-state index is 12.7. The van der Waals surface area contributed by atoms with Crippen LogP contribution in [0.5, 0.6) is 0 Å². The lowest BCUT2D eigenvalue weighted by atomic mass is 9.95. The minimum Gasteiger partial charge on any atom is -0.383 e. The molecule has 158 valence electrons. The van der Waals surface area contributed by atoms with Gasteiger partial charge in [0, 0.05) is 38.7 Å². The van der Waals surface area contributed by atoms with Crippen LogP contribution in [0.1, 0.15) is 49.7 Å². The molecule has 1 aliphatic heterocycles. The zero-order chi connectivity index (χ0) is 20.4. The van der Waals surface area contributed by atoms with Crippen LogP contribution in [0, 0.1) is 19.8 Å². The van der Waals surface area contributed by atoms with Crippen LogP contribution in [0.4, 0.5) is 5.95 Å². The van der Waals surface area contributed by atoms with Crippen molar-refractivity contribution in [2.45, 2.75) is 65.0 Å². The van der Waals surface area contributed by atoms with E-state index in [1.54, 1.807) is 7.11 Å². The second kappa shape index (κ2) is 8.74. The molecule has 2 aliphatic rings. The molecule has 0 atom stereocenters. The highest BCUT2D eigenvalue weighted by molar-refractivity contribution is 5.81. The van der Waals surface area contributed by atoms with Gasteiger partial charge in [-0.1, -0.05) is 12.8 Å². The van der Waals surface area contributed by atoms with E-state index in [2.05, 4.69) is 40.8 Å². The molecule has 29 heavy (non-hydrogen) atoms. The Kier molecular flexibility index (Phi) is 6.09. The molecule has 1 aliphatic carbocycles. The first-order valence-corrected chi connectivity index (χ1v) is 11.1. The number of ether oxygens (including phenoxy) is 1. The molecule has 1 aromatic heterocycles. The van der Waals surface area contributed by atoms with Gasteiger partial charge in [-0.3, -0.25) is 4.79 Å². The van der Waals surface area contributed by atoms with E-state index in [0.29, 0.717) is 12.6 Å². The van der Waals surface area contributed by atoms with Gasteiger partial charge in [-0.25, -0.2) is 4.98 Å². The smallest absolute Gasteiger partial charge is 0.223 e. The van der Waals surface area contributed by atoms with E-state index < -0.39 is 0 Å². The van der Waals surface area contributed by atoms with Gasteiger partial charge in [0.1, 0.15) is 0 Å². The number of carbonyl (C=O) groups excluding carboxylic acids is 1. The van der Waals surface area contributed by atoms with Gasteiger partial charge in [0.15, 0.2) is 0 Å². The number of methoxy groups -OCH3 is 1. The monoisotopic (exact) mass is 398 g/mol. The molecule has 2 aromatic rings. The van der Waals surface area contributed by atoms with Gasteiger partial charge in [-0.05, 0) is 62.8 Å². The van der Waals surface area contributed by atoms with Crippen molar-refractivity contribution < 1.29 is 9.53 Å². The van der Waals surface area contributed by atoms with Crippen molar-refractivity contribution >= 4 is 22.9 Å². The van der Waals surface area contributed by atoms with Crippen LogP contribution < -0.4 is 10.2 Å². The Labute approximate surface area is 173 Å². The Bertz CT molecular complexity index is 861. The van der Waals surface area contributed by atoms with E-state index in [9.17, 15) is 4.79 Å². The maximum Gasteiger partial charge on any atom is 0.223 e. The first kappa shape index (κ1) is 20.2. The highest BCUT2D eigenvalue weighted by Crippen LogP contribution is 2.29. The van der Waals surface area contributed by atoms with Crippen LogP contribution in [0.3, 0.4) is 0 Å². The number of nitrogens with zero attached hydrogens (tertiary/aromatic N) is 3. The van der Waals surface area contributed by atoms with Crippen molar-refractivity contribution in [3.05, 3.63) is 23.3 Å². The molecule has 2 heterocycles. The van der Waals surface area contributed by atoms with Crippen molar-refractivity contribution in [3.8, 4) is 0 Å². The highest BCUT2D eigenvalue weighted by Gasteiger charge is 2.29. The number of imidazole rings is 1. The summed E-state index contributed by atoms with van der Waals surface area (Å²) in [4.78, 5) is 20.0. The number of nitrogens with one attached hydrogen (secondary N) is 1. The summed E-state index contributed by atoms with van der Waals surface area (Å²) in [5.74, 6) is 1.40. The molecule has 6 heteroatoms. The molecular weight excluding hydrogens is 364 g/mol. The second-order valence-electron chi connectivity index (χ2n) is 8.73. The van der Waals surface area contributed by atoms with Gasteiger partial charge in [-0.2, -0.15) is 0 Å². The Hall–Kier alpha value is -2.08. The van der Waals surface area contributed by atoms with Crippen molar-refractivity contribution in [1.29, 1.82) is 0 Å². The molecular formula is C23H34N4O2. The molecule has 2 fully saturated rings. The predicted octanol–water partition coefficient (Wildman–Crippen LogP) is 3.57. The normalized spacial score (nSPS) is 18.7. The molecule has 0 radical (unpaired) electrons. The van der Waals surface area contributed by atoms with Gasteiger partial charge in [-0.15, -0.1) is 0 Å². The van der Waals surface area contributed by atoms with Crippen LogP contribution in [-0.2, 0) is 16.1 Å². The third-order valence-electron chi connectivity index (χ3n) is 6.71. The molecule has 1 aromatic carbocycles. The maximum absolute atomic E-state index is 12.7. The van der Waals surface area contributed by atoms with Gasteiger partial charge < -0.3 is 19.5 Å². The van der Waals surface area contributed by atoms with Crippen LogP contribution in [0.15, 0.2) is 12.1 Å². The van der Waals surface area contributed by atoms with E-state index in [0.717, 1.165) is 56.8 Å². The third kappa shape index (κ3) is 4.27. The largest absolute Gasteiger partial charge is 0.383 e. The molecule has 0 spiro atoms. The number of benzene rings is 1. The molecule has 1 saturated heterocycles. The van der Waals surface area contributed by atoms with E-state index in [1.165, 1.54) is 29.5 Å². The molecule has 6 nitrogen and oxygen atoms in total. The molecule has 0 unspecified atom stereocenters. The second-order valence-corrected chi connectivity index (χ2v) is 8.73. The lowest BCUT2D eigenvalue weighted by Crippen LogP contribution is -2.43. The number of piperidine rings is 1. The summed E-state index contributed by atoms with van der Waals surface area (Å²) in [6, 6.07) is 4.82. The number of amides is 1. The number of hydrogen-bond donors (Lipinski definition) is 1. The minimum absolute atomic E-state index is 0.133. The molecule has 4 rings (SSSR count). The SMILES string of the molecule is COCCn1c(N2CCC(C(=O)NC3CCCC3)CC2)nc2cc(C)c(C)cc21. The van der Waals surface area contributed by atoms with E-state index in [-0.39, 0.29) is 11.8 Å². The quantitative estimate of drug-likeness (QED) is 0.808. The summed E-state index contributed by atoms with van der Waals surface area (Å²) in [6.07, 6.45) is 6.58. The van der Waals surface area contributed by atoms with Crippen LogP contribution >= 0.6 is 0 Å². The first-order chi connectivity index (χ1) is 14.1. The Morgan fingerprint density at radius 1 is 1.14 bits per heavy atom. The van der Waals surface area contributed by atoms with Gasteiger partial charge in [0.05, 0.1) is 17.6 Å². The highest BCUT2D eigenvalue weighted by atomic mass is 16.5. The van der Waals surface area contributed by atoms with Crippen molar-refractivity contribution in [1.82, 2.24) is 14.9 Å². The van der Waals surface area contributed by atoms with Crippen LogP contribution in [0.2, 0.25) is 0 Å². The Morgan fingerprint density at radius 2 is 1.83 bits per heavy atom. The zero-order valence-electron chi connectivity index (χ0n) is 18.0. The van der Waals surface area contributed by atoms with E-state index in [1.807, 2.05) is 0 Å². The number of aromatic nitrogens is 2. The lowest BCUT2D eigenvalue weighted by molar-refractivity contribution is -0.126. The number of carbonyl (C=O) groups is 1. The molecule has 1 N–H and O–H groups in total. The average Bonchev–Trinajstić information content (AvgIpc) is 3.35. The first-order valence-electron chi connectivity index (χ1n) is 11.1. The average molecular weight is 399 g/mol. The van der Waals surface area contributed by atoms with Crippen LogP contribution in [0.25, 0.3) is 11.0 Å². The Morgan fingerprint density at radius 3 is 2.52 bits per heavy atom. The van der Waals surface area contributed by atoms with Gasteiger partial charge in [0.25, 0.3) is 0 Å². The van der Waals surface area contributed by atoms with Crippen LogP contribution in [-0.4, -0.2) is 48.3 Å². The number of rotatable bonds is 6. The summed E-state index contributed by atoms with van der Waals surface area (Å²) < 4.78 is 7.63. The fraction of sp³-hybridized carbons (Fsp3) is 0.652. The summed E-state index contributed by atoms with van der Waals surface area (Å²) in [5, 5.41) is 3.28. The molecule has 1 amide bonds. The fourth-order valence-corrected chi connectivity index (χ4v) is 4.74. The van der Waals surface area contributed by atoms with Gasteiger partial charge >= 0.3 is 0 Å². The molecule has 1 saturated carbocycles. The number of hydrogen-bond acceptors (Lipinski definition) is 4. The fourth-order valence-electron chi connectivity index (χ4n) is 4.74. The lowest BCUT2D eigenvalue weighted by Gasteiger charge is -2.33. The Balaban J connectivity index is 1.49. The van der Waals surface area contributed by atoms with Crippen molar-refractivity contribution in [2.75, 3.05) is 31.7 Å². The summed E-state index contributed by atoms with van der Waals surface area (Å²) >= 11 is 0. The number of aryl methyl sites for hydroxylation is 2. The third-order valence-corrected chi connectivity index (χ3v) is 6.71. The summed E-state index contributed by atoms with van der Waals surface area (Å²) in [7, 11) is 1.74. The summed E-state index contributed by atoms with van der Waals surface area (Å²) in [6.45, 7) is 7.47. The minimum atomic E-state index is 0.133. The topological polar surface area (TPSA) is 59.4 Å². The standard InChI is InChI=1S/C23H34N4O2/c1-16-14-20-21(15-17(16)2)27(12-13-29-3)23(25-20)26-10-8-18(9-11-26)22(28)24-19-6-4-5-7-19/h14-15,18-19H,4-13H2,1-3H3,(H,24,28). The molecule has 0 bridgehead atoms. The van der Waals surface area contributed by atoms with Crippen molar-refractivity contribution in [2.24, 2.45) is 5.92 Å². The zero-order valence-corrected chi connectivity index (χ0v) is 18.0. The number of fused-ring (bicyclic) bond motifs is 1. The number of anilines is 1. The van der Waals surface area contributed by atoms with Crippen molar-refractivity contribution in [3.63, 3.8) is 0 Å². The van der Waals surface area contributed by atoms with E-state index >= 15 is 0 Å². The predicted molar refractivity (Wildman–Crippen MR) is 116 cm³/mol.